The third kappa shape index (κ3) is 4.88. The summed E-state index contributed by atoms with van der Waals surface area (Å²) >= 11 is 6.07. The van der Waals surface area contributed by atoms with Gasteiger partial charge in [0.1, 0.15) is 23.8 Å². The number of halogens is 1. The molecule has 5 aromatic rings. The predicted octanol–water partition coefficient (Wildman–Crippen LogP) is 6.00. The molecule has 3 N–H and O–H groups in total. The summed E-state index contributed by atoms with van der Waals surface area (Å²) in [6, 6.07) is 28.6. The van der Waals surface area contributed by atoms with E-state index in [1.165, 1.54) is 0 Å². The summed E-state index contributed by atoms with van der Waals surface area (Å²) in [5.41, 5.74) is 3.40. The van der Waals surface area contributed by atoms with Crippen molar-refractivity contribution in [3.8, 4) is 17.1 Å². The Morgan fingerprint density at radius 3 is 2.41 bits per heavy atom. The van der Waals surface area contributed by atoms with Gasteiger partial charge in [0.05, 0.1) is 23.7 Å². The largest absolute Gasteiger partial charge is 0.487 e. The monoisotopic (exact) mass is 470 g/mol. The average molecular weight is 471 g/mol. The molecule has 34 heavy (non-hydrogen) atoms. The number of aliphatic hydroxyl groups is 1. The van der Waals surface area contributed by atoms with Gasteiger partial charge in [-0.1, -0.05) is 78.3 Å². The zero-order valence-corrected chi connectivity index (χ0v) is 19.0. The van der Waals surface area contributed by atoms with Crippen molar-refractivity contribution in [3.63, 3.8) is 0 Å². The molecule has 0 fully saturated rings. The number of rotatable bonds is 8. The maximum atomic E-state index is 10.1. The molecule has 2 heterocycles. The summed E-state index contributed by atoms with van der Waals surface area (Å²) in [6.45, 7) is 0.240. The van der Waals surface area contributed by atoms with Crippen LogP contribution in [-0.2, 0) is 6.61 Å². The third-order valence-corrected chi connectivity index (χ3v) is 5.70. The van der Waals surface area contributed by atoms with Crippen molar-refractivity contribution in [2.45, 2.75) is 12.6 Å². The molecule has 0 aliphatic carbocycles. The van der Waals surface area contributed by atoms with Crippen LogP contribution < -0.4 is 10.1 Å². The number of fused-ring (bicyclic) bond motifs is 1. The van der Waals surface area contributed by atoms with Gasteiger partial charge in [-0.15, -0.1) is 0 Å². The second-order valence-electron chi connectivity index (χ2n) is 7.85. The molecular formula is C27H23ClN4O2. The quantitative estimate of drug-likeness (QED) is 0.259. The Morgan fingerprint density at radius 2 is 1.68 bits per heavy atom. The number of nitrogens with zero attached hydrogens (tertiary/aromatic N) is 2. The molecule has 0 aliphatic heterocycles. The maximum Gasteiger partial charge on any atom is 0.163 e. The van der Waals surface area contributed by atoms with Crippen LogP contribution in [0.1, 0.15) is 17.3 Å². The second kappa shape index (κ2) is 9.95. The Kier molecular flexibility index (Phi) is 6.42. The van der Waals surface area contributed by atoms with Crippen molar-refractivity contribution in [2.24, 2.45) is 0 Å². The first kappa shape index (κ1) is 21.9. The number of hydrogen-bond donors (Lipinski definition) is 3. The van der Waals surface area contributed by atoms with E-state index in [9.17, 15) is 5.11 Å². The van der Waals surface area contributed by atoms with E-state index >= 15 is 0 Å². The van der Waals surface area contributed by atoms with Crippen LogP contribution >= 0.6 is 11.6 Å². The van der Waals surface area contributed by atoms with E-state index in [0.717, 1.165) is 22.2 Å². The number of aromatic nitrogens is 3. The topological polar surface area (TPSA) is 83.1 Å². The third-order valence-electron chi connectivity index (χ3n) is 5.46. The van der Waals surface area contributed by atoms with Gasteiger partial charge in [-0.05, 0) is 29.8 Å². The second-order valence-corrected chi connectivity index (χ2v) is 8.29. The van der Waals surface area contributed by atoms with Gasteiger partial charge < -0.3 is 20.1 Å². The number of benzene rings is 3. The van der Waals surface area contributed by atoms with Crippen LogP contribution in [0.15, 0.2) is 91.0 Å². The molecule has 5 rings (SSSR count). The van der Waals surface area contributed by atoms with Crippen molar-refractivity contribution in [3.05, 3.63) is 107 Å². The van der Waals surface area contributed by atoms with E-state index in [0.29, 0.717) is 34.7 Å². The molecule has 6 nitrogen and oxygen atoms in total. The van der Waals surface area contributed by atoms with E-state index in [2.05, 4.69) is 10.3 Å². The predicted molar refractivity (Wildman–Crippen MR) is 135 cm³/mol. The molecule has 7 heteroatoms. The van der Waals surface area contributed by atoms with E-state index in [1.807, 2.05) is 78.9 Å². The zero-order chi connectivity index (χ0) is 23.3. The molecule has 3 aromatic carbocycles. The van der Waals surface area contributed by atoms with E-state index in [-0.39, 0.29) is 12.6 Å². The number of H-pyrrole nitrogens is 1. The zero-order valence-electron chi connectivity index (χ0n) is 18.3. The van der Waals surface area contributed by atoms with E-state index in [4.69, 9.17) is 26.3 Å². The van der Waals surface area contributed by atoms with Gasteiger partial charge in [0.25, 0.3) is 0 Å². The van der Waals surface area contributed by atoms with Crippen LogP contribution in [0.5, 0.6) is 5.75 Å². The van der Waals surface area contributed by atoms with Crippen LogP contribution in [-0.4, -0.2) is 26.7 Å². The van der Waals surface area contributed by atoms with Crippen LogP contribution in [0.2, 0.25) is 5.02 Å². The van der Waals surface area contributed by atoms with Gasteiger partial charge in [-0.3, -0.25) is 0 Å². The van der Waals surface area contributed by atoms with Crippen LogP contribution in [0.4, 0.5) is 5.82 Å². The Balaban J connectivity index is 1.51. The summed E-state index contributed by atoms with van der Waals surface area (Å²) in [5, 5.41) is 14.9. The van der Waals surface area contributed by atoms with Crippen molar-refractivity contribution in [2.75, 3.05) is 11.9 Å². The van der Waals surface area contributed by atoms with Crippen molar-refractivity contribution in [1.82, 2.24) is 15.0 Å². The lowest BCUT2D eigenvalue weighted by atomic mass is 10.1. The number of hydrogen-bond acceptors (Lipinski definition) is 5. The first-order valence-electron chi connectivity index (χ1n) is 11.0. The summed E-state index contributed by atoms with van der Waals surface area (Å²) < 4.78 is 5.90. The number of aliphatic hydroxyl groups excluding tert-OH is 1. The molecule has 0 spiro atoms. The van der Waals surface area contributed by atoms with E-state index in [1.54, 1.807) is 12.1 Å². The lowest BCUT2D eigenvalue weighted by molar-refractivity contribution is 0.276. The van der Waals surface area contributed by atoms with E-state index < -0.39 is 0 Å². The average Bonchev–Trinajstić information content (AvgIpc) is 3.30. The molecular weight excluding hydrogens is 448 g/mol. The smallest absolute Gasteiger partial charge is 0.163 e. The number of nitrogens with one attached hydrogen (secondary N) is 2. The number of anilines is 1. The van der Waals surface area contributed by atoms with Crippen LogP contribution in [0.25, 0.3) is 22.4 Å². The van der Waals surface area contributed by atoms with Gasteiger partial charge in [0.15, 0.2) is 5.82 Å². The Morgan fingerprint density at radius 1 is 0.912 bits per heavy atom. The minimum absolute atomic E-state index is 0.0780. The van der Waals surface area contributed by atoms with Crippen LogP contribution in [0.3, 0.4) is 0 Å². The Labute approximate surface area is 202 Å². The highest BCUT2D eigenvalue weighted by Crippen LogP contribution is 2.29. The Hall–Kier alpha value is -3.87. The molecule has 170 valence electrons. The van der Waals surface area contributed by atoms with Gasteiger partial charge in [-0.2, -0.15) is 0 Å². The fourth-order valence-electron chi connectivity index (χ4n) is 3.77. The highest BCUT2D eigenvalue weighted by Gasteiger charge is 2.17. The van der Waals surface area contributed by atoms with Gasteiger partial charge in [0.2, 0.25) is 0 Å². The lowest BCUT2D eigenvalue weighted by Gasteiger charge is -2.18. The van der Waals surface area contributed by atoms with Crippen molar-refractivity contribution >= 4 is 28.5 Å². The van der Waals surface area contributed by atoms with Gasteiger partial charge >= 0.3 is 0 Å². The first-order valence-corrected chi connectivity index (χ1v) is 11.3. The lowest BCUT2D eigenvalue weighted by Crippen LogP contribution is -2.16. The molecule has 0 saturated carbocycles. The summed E-state index contributed by atoms with van der Waals surface area (Å²) in [6.07, 6.45) is 0. The molecule has 0 aliphatic rings. The fourth-order valence-corrected chi connectivity index (χ4v) is 3.95. The first-order chi connectivity index (χ1) is 16.7. The highest BCUT2D eigenvalue weighted by molar-refractivity contribution is 6.30. The number of ether oxygens (including phenoxy) is 1. The van der Waals surface area contributed by atoms with Crippen molar-refractivity contribution < 1.29 is 9.84 Å². The normalized spacial score (nSPS) is 11.9. The summed E-state index contributed by atoms with van der Waals surface area (Å²) in [4.78, 5) is 12.9. The molecule has 0 radical (unpaired) electrons. The summed E-state index contributed by atoms with van der Waals surface area (Å²) in [7, 11) is 0. The number of aromatic amines is 1. The molecule has 2 aromatic heterocycles. The molecule has 0 bridgehead atoms. The van der Waals surface area contributed by atoms with Gasteiger partial charge in [-0.25, -0.2) is 9.97 Å². The Bertz CT molecular complexity index is 1390. The minimum atomic E-state index is -0.316. The standard InChI is InChI=1S/C27H23ClN4O2/c28-20-12-7-13-22(14-20)34-17-21-15-23-26(29-21)31-25(19-10-5-2-6-11-19)32-27(23)30-24(16-33)18-8-3-1-4-9-18/h1-15,24,33H,16-17H2,(H2,29,30,31,32). The highest BCUT2D eigenvalue weighted by atomic mass is 35.5. The molecule has 0 saturated heterocycles. The molecule has 1 unspecified atom stereocenters. The minimum Gasteiger partial charge on any atom is -0.487 e. The van der Waals surface area contributed by atoms with Crippen LogP contribution in [0, 0.1) is 0 Å². The maximum absolute atomic E-state index is 10.1. The molecule has 1 atom stereocenters. The summed E-state index contributed by atoms with van der Waals surface area (Å²) in [5.74, 6) is 1.91. The molecule has 0 amide bonds. The fraction of sp³-hybridized carbons (Fsp3) is 0.111. The van der Waals surface area contributed by atoms with Gasteiger partial charge in [0, 0.05) is 10.6 Å². The van der Waals surface area contributed by atoms with Crippen molar-refractivity contribution in [1.29, 1.82) is 0 Å². The SMILES string of the molecule is OCC(Nc1nc(-c2ccccc2)nc2[nH]c(COc3cccc(Cl)c3)cc12)c1ccccc1.